The smallest absolute Gasteiger partial charge is 0.308 e. The summed E-state index contributed by atoms with van der Waals surface area (Å²) in [5.74, 6) is 1.15. The van der Waals surface area contributed by atoms with Crippen LogP contribution in [0.2, 0.25) is 0 Å². The van der Waals surface area contributed by atoms with Gasteiger partial charge in [0.05, 0.1) is 25.0 Å². The zero-order valence-electron chi connectivity index (χ0n) is 23.8. The Balaban J connectivity index is 2.02. The summed E-state index contributed by atoms with van der Waals surface area (Å²) in [6.45, 7) is 10.2. The van der Waals surface area contributed by atoms with Gasteiger partial charge in [-0.25, -0.2) is 0 Å². The SMILES string of the molecule is CC(C)CCCCCCCCCCOC(=O)C1CCCC(C(=O)OCCCCCCCC(C)C)C1. The second kappa shape index (κ2) is 21.1. The maximum atomic E-state index is 12.5. The molecular weight excluding hydrogens is 436 g/mol. The van der Waals surface area contributed by atoms with Crippen LogP contribution in [0, 0.1) is 23.7 Å². The third kappa shape index (κ3) is 17.9. The number of unbranched alkanes of at least 4 members (excludes halogenated alkanes) is 11. The van der Waals surface area contributed by atoms with E-state index in [0.29, 0.717) is 19.6 Å². The van der Waals surface area contributed by atoms with Gasteiger partial charge in [-0.05, 0) is 43.9 Å². The Labute approximate surface area is 217 Å². The van der Waals surface area contributed by atoms with Crippen LogP contribution in [0.3, 0.4) is 0 Å². The van der Waals surface area contributed by atoms with Gasteiger partial charge in [0.15, 0.2) is 0 Å². The zero-order valence-corrected chi connectivity index (χ0v) is 23.8. The summed E-state index contributed by atoms with van der Waals surface area (Å²) in [6, 6.07) is 0. The minimum Gasteiger partial charge on any atom is -0.465 e. The van der Waals surface area contributed by atoms with E-state index in [9.17, 15) is 9.59 Å². The van der Waals surface area contributed by atoms with E-state index in [4.69, 9.17) is 9.47 Å². The van der Waals surface area contributed by atoms with E-state index in [-0.39, 0.29) is 23.8 Å². The molecule has 0 aromatic carbocycles. The first-order chi connectivity index (χ1) is 16.9. The maximum Gasteiger partial charge on any atom is 0.308 e. The lowest BCUT2D eigenvalue weighted by Crippen LogP contribution is -2.30. The number of carbonyl (C=O) groups is 2. The molecule has 1 saturated carbocycles. The van der Waals surface area contributed by atoms with Gasteiger partial charge in [-0.1, -0.05) is 118 Å². The van der Waals surface area contributed by atoms with Crippen LogP contribution < -0.4 is 0 Å². The Morgan fingerprint density at radius 1 is 0.571 bits per heavy atom. The molecule has 1 aliphatic carbocycles. The average molecular weight is 495 g/mol. The zero-order chi connectivity index (χ0) is 25.7. The minimum absolute atomic E-state index is 0.103. The first kappa shape index (κ1) is 32.0. The Morgan fingerprint density at radius 3 is 1.29 bits per heavy atom. The lowest BCUT2D eigenvalue weighted by molar-refractivity contribution is -0.155. The molecule has 0 radical (unpaired) electrons. The van der Waals surface area contributed by atoms with Crippen molar-refractivity contribution in [2.75, 3.05) is 13.2 Å². The van der Waals surface area contributed by atoms with Crippen molar-refractivity contribution in [3.8, 4) is 0 Å². The minimum atomic E-state index is -0.132. The van der Waals surface area contributed by atoms with Gasteiger partial charge in [0, 0.05) is 0 Å². The molecule has 0 heterocycles. The fraction of sp³-hybridized carbons (Fsp3) is 0.935. The van der Waals surface area contributed by atoms with E-state index < -0.39 is 0 Å². The second-order valence-electron chi connectivity index (χ2n) is 11.9. The Hall–Kier alpha value is -1.06. The highest BCUT2D eigenvalue weighted by Crippen LogP contribution is 2.31. The third-order valence-electron chi connectivity index (χ3n) is 7.43. The molecule has 0 aromatic rings. The largest absolute Gasteiger partial charge is 0.465 e. The molecule has 0 spiro atoms. The number of hydrogen-bond donors (Lipinski definition) is 0. The lowest BCUT2D eigenvalue weighted by atomic mass is 9.81. The number of hydrogen-bond acceptors (Lipinski definition) is 4. The summed E-state index contributed by atoms with van der Waals surface area (Å²) in [6.07, 6.45) is 21.8. The first-order valence-electron chi connectivity index (χ1n) is 15.2. The number of carbonyl (C=O) groups excluding carboxylic acids is 2. The molecule has 1 rings (SSSR count). The summed E-state index contributed by atoms with van der Waals surface area (Å²) in [7, 11) is 0. The highest BCUT2D eigenvalue weighted by Gasteiger charge is 2.32. The predicted octanol–water partition coefficient (Wildman–Crippen LogP) is 9.04. The predicted molar refractivity (Wildman–Crippen MR) is 146 cm³/mol. The number of rotatable bonds is 21. The van der Waals surface area contributed by atoms with E-state index in [1.165, 1.54) is 70.6 Å². The van der Waals surface area contributed by atoms with Gasteiger partial charge >= 0.3 is 11.9 Å². The Kier molecular flexibility index (Phi) is 19.2. The molecule has 1 aliphatic rings. The fourth-order valence-electron chi connectivity index (χ4n) is 5.10. The summed E-state index contributed by atoms with van der Waals surface area (Å²) < 4.78 is 11.1. The van der Waals surface area contributed by atoms with Crippen molar-refractivity contribution in [2.24, 2.45) is 23.7 Å². The molecule has 0 saturated heterocycles. The number of ether oxygens (including phenoxy) is 2. The Morgan fingerprint density at radius 2 is 0.914 bits per heavy atom. The van der Waals surface area contributed by atoms with Crippen LogP contribution in [0.1, 0.15) is 150 Å². The summed E-state index contributed by atoms with van der Waals surface area (Å²) in [5.41, 5.74) is 0. The van der Waals surface area contributed by atoms with E-state index in [2.05, 4.69) is 27.7 Å². The summed E-state index contributed by atoms with van der Waals surface area (Å²) in [4.78, 5) is 25.0. The summed E-state index contributed by atoms with van der Waals surface area (Å²) in [5, 5.41) is 0. The number of esters is 2. The van der Waals surface area contributed by atoms with Gasteiger partial charge in [0.1, 0.15) is 0 Å². The second-order valence-corrected chi connectivity index (χ2v) is 11.9. The molecule has 0 aliphatic heterocycles. The van der Waals surface area contributed by atoms with Crippen molar-refractivity contribution in [2.45, 2.75) is 150 Å². The van der Waals surface area contributed by atoms with E-state index >= 15 is 0 Å². The average Bonchev–Trinajstić information content (AvgIpc) is 2.83. The Bertz CT molecular complexity index is 528. The molecule has 2 unspecified atom stereocenters. The van der Waals surface area contributed by atoms with Gasteiger partial charge in [-0.2, -0.15) is 0 Å². The van der Waals surface area contributed by atoms with E-state index in [0.717, 1.165) is 56.8 Å². The van der Waals surface area contributed by atoms with Gasteiger partial charge in [0.2, 0.25) is 0 Å². The van der Waals surface area contributed by atoms with Gasteiger partial charge in [-0.3, -0.25) is 9.59 Å². The van der Waals surface area contributed by atoms with E-state index in [1.54, 1.807) is 0 Å². The molecule has 4 heteroatoms. The van der Waals surface area contributed by atoms with Crippen molar-refractivity contribution >= 4 is 11.9 Å². The molecule has 35 heavy (non-hydrogen) atoms. The molecule has 0 bridgehead atoms. The van der Waals surface area contributed by atoms with Crippen molar-refractivity contribution < 1.29 is 19.1 Å². The standard InChI is InChI=1S/C31H58O4/c1-26(2)19-14-10-7-5-6-8-12-16-23-34-30(32)28-21-18-22-29(25-28)31(33)35-24-17-13-9-11-15-20-27(3)4/h26-29H,5-25H2,1-4H3. The van der Waals surface area contributed by atoms with Crippen molar-refractivity contribution in [1.82, 2.24) is 0 Å². The van der Waals surface area contributed by atoms with Crippen LogP contribution in [0.15, 0.2) is 0 Å². The van der Waals surface area contributed by atoms with Crippen LogP contribution in [-0.2, 0) is 19.1 Å². The highest BCUT2D eigenvalue weighted by atomic mass is 16.5. The van der Waals surface area contributed by atoms with Gasteiger partial charge < -0.3 is 9.47 Å². The molecule has 0 aromatic heterocycles. The van der Waals surface area contributed by atoms with Crippen molar-refractivity contribution in [3.63, 3.8) is 0 Å². The monoisotopic (exact) mass is 494 g/mol. The van der Waals surface area contributed by atoms with E-state index in [1.807, 2.05) is 0 Å². The van der Waals surface area contributed by atoms with Crippen molar-refractivity contribution in [3.05, 3.63) is 0 Å². The molecule has 4 nitrogen and oxygen atoms in total. The van der Waals surface area contributed by atoms with Crippen LogP contribution >= 0.6 is 0 Å². The first-order valence-corrected chi connectivity index (χ1v) is 15.2. The molecule has 1 fully saturated rings. The molecule has 206 valence electrons. The normalized spacial score (nSPS) is 18.2. The topological polar surface area (TPSA) is 52.6 Å². The van der Waals surface area contributed by atoms with Crippen LogP contribution in [-0.4, -0.2) is 25.2 Å². The quantitative estimate of drug-likeness (QED) is 0.118. The maximum absolute atomic E-state index is 12.5. The molecule has 2 atom stereocenters. The molecule has 0 N–H and O–H groups in total. The van der Waals surface area contributed by atoms with Crippen molar-refractivity contribution in [1.29, 1.82) is 0 Å². The van der Waals surface area contributed by atoms with Gasteiger partial charge in [-0.15, -0.1) is 0 Å². The van der Waals surface area contributed by atoms with Crippen LogP contribution in [0.5, 0.6) is 0 Å². The third-order valence-corrected chi connectivity index (χ3v) is 7.43. The van der Waals surface area contributed by atoms with Crippen LogP contribution in [0.25, 0.3) is 0 Å². The van der Waals surface area contributed by atoms with Gasteiger partial charge in [0.25, 0.3) is 0 Å². The van der Waals surface area contributed by atoms with Crippen LogP contribution in [0.4, 0.5) is 0 Å². The molecular formula is C31H58O4. The molecule has 0 amide bonds. The summed E-state index contributed by atoms with van der Waals surface area (Å²) >= 11 is 0. The lowest BCUT2D eigenvalue weighted by Gasteiger charge is -2.26. The fourth-order valence-corrected chi connectivity index (χ4v) is 5.10. The highest BCUT2D eigenvalue weighted by molar-refractivity contribution is 5.76.